The van der Waals surface area contributed by atoms with Gasteiger partial charge in [-0.05, 0) is 80.4 Å². The molecule has 152 valence electrons. The van der Waals surface area contributed by atoms with Gasteiger partial charge in [0.2, 0.25) is 0 Å². The van der Waals surface area contributed by atoms with Crippen molar-refractivity contribution in [1.29, 1.82) is 0 Å². The molecule has 3 rings (SSSR count). The summed E-state index contributed by atoms with van der Waals surface area (Å²) in [5.74, 6) is 1.99. The summed E-state index contributed by atoms with van der Waals surface area (Å²) in [6.07, 6.45) is 8.92. The van der Waals surface area contributed by atoms with E-state index >= 15 is 0 Å². The van der Waals surface area contributed by atoms with E-state index in [0.717, 1.165) is 36.7 Å². The van der Waals surface area contributed by atoms with Gasteiger partial charge in [-0.15, -0.1) is 0 Å². The minimum Gasteiger partial charge on any atom is -0.432 e. The Kier molecular flexibility index (Phi) is 7.16. The highest BCUT2D eigenvalue weighted by Crippen LogP contribution is 2.45. The normalized spacial score (nSPS) is 29.5. The Morgan fingerprint density at radius 1 is 0.852 bits per heavy atom. The Bertz CT molecular complexity index is 552. The molecule has 0 bridgehead atoms. The molecule has 0 radical (unpaired) electrons. The van der Waals surface area contributed by atoms with Crippen LogP contribution in [0, 0.1) is 23.7 Å². The Labute approximate surface area is 163 Å². The van der Waals surface area contributed by atoms with E-state index in [1.54, 1.807) is 12.1 Å². The van der Waals surface area contributed by atoms with Gasteiger partial charge in [-0.2, -0.15) is 8.78 Å². The molecule has 0 unspecified atom stereocenters. The lowest BCUT2D eigenvalue weighted by Gasteiger charge is -2.39. The maximum Gasteiger partial charge on any atom is 0.400 e. The summed E-state index contributed by atoms with van der Waals surface area (Å²) in [5.41, 5.74) is 1.14. The molecule has 27 heavy (non-hydrogen) atoms. The van der Waals surface area contributed by atoms with Crippen LogP contribution in [0.4, 0.5) is 8.78 Å². The monoisotopic (exact) mass is 378 g/mol. The van der Waals surface area contributed by atoms with Crippen LogP contribution in [0.5, 0.6) is 5.75 Å². The zero-order valence-corrected chi connectivity index (χ0v) is 17.1. The highest BCUT2D eigenvalue weighted by atomic mass is 19.3. The molecule has 0 aromatic heterocycles. The molecule has 1 aromatic rings. The minimum absolute atomic E-state index is 0.286. The van der Waals surface area contributed by atoms with Crippen LogP contribution in [-0.4, -0.2) is 6.11 Å². The molecule has 1 aromatic carbocycles. The summed E-state index contributed by atoms with van der Waals surface area (Å²) in [7, 11) is 0. The molecular weight excluding hydrogens is 342 g/mol. The Hall–Kier alpha value is -1.12. The number of ether oxygens (including phenoxy) is 1. The number of benzene rings is 1. The van der Waals surface area contributed by atoms with E-state index in [2.05, 4.69) is 13.8 Å². The molecule has 0 heterocycles. The molecule has 2 saturated carbocycles. The number of aryl methyl sites for hydroxylation is 1. The van der Waals surface area contributed by atoms with Crippen LogP contribution >= 0.6 is 0 Å². The standard InChI is InChI=1S/C24H36F2O/c1-3-5-19-6-10-20(11-7-19)21-12-14-22(15-13-21)24(25,26)27-23-16-8-18(4-2)9-17-23/h8-9,16-17,19-22H,3-7,10-15H2,1-2H3. The Morgan fingerprint density at radius 3 is 1.93 bits per heavy atom. The van der Waals surface area contributed by atoms with Gasteiger partial charge < -0.3 is 4.74 Å². The summed E-state index contributed by atoms with van der Waals surface area (Å²) < 4.78 is 34.5. The second kappa shape index (κ2) is 9.39. The lowest BCUT2D eigenvalue weighted by atomic mass is 9.68. The molecule has 0 amide bonds. The van der Waals surface area contributed by atoms with Crippen LogP contribution in [-0.2, 0) is 6.42 Å². The van der Waals surface area contributed by atoms with Crippen molar-refractivity contribution in [2.45, 2.75) is 90.6 Å². The Morgan fingerprint density at radius 2 is 1.41 bits per heavy atom. The van der Waals surface area contributed by atoms with E-state index in [4.69, 9.17) is 4.74 Å². The second-order valence-electron chi connectivity index (χ2n) is 8.84. The average Bonchev–Trinajstić information content (AvgIpc) is 2.69. The topological polar surface area (TPSA) is 9.23 Å². The Balaban J connectivity index is 1.47. The van der Waals surface area contributed by atoms with Crippen molar-refractivity contribution in [2.75, 3.05) is 0 Å². The zero-order chi connectivity index (χ0) is 19.3. The summed E-state index contributed by atoms with van der Waals surface area (Å²) >= 11 is 0. The fourth-order valence-electron chi connectivity index (χ4n) is 5.32. The van der Waals surface area contributed by atoms with Crippen molar-refractivity contribution in [3.8, 4) is 5.75 Å². The third kappa shape index (κ3) is 5.45. The number of halogens is 2. The van der Waals surface area contributed by atoms with Gasteiger partial charge in [0.05, 0.1) is 5.92 Å². The fourth-order valence-corrected chi connectivity index (χ4v) is 5.32. The van der Waals surface area contributed by atoms with Crippen LogP contribution in [0.3, 0.4) is 0 Å². The molecule has 2 fully saturated rings. The maximum absolute atomic E-state index is 14.7. The van der Waals surface area contributed by atoms with E-state index in [1.807, 2.05) is 12.1 Å². The van der Waals surface area contributed by atoms with Crippen molar-refractivity contribution in [3.05, 3.63) is 29.8 Å². The van der Waals surface area contributed by atoms with Gasteiger partial charge in [-0.25, -0.2) is 0 Å². The van der Waals surface area contributed by atoms with Crippen molar-refractivity contribution < 1.29 is 13.5 Å². The molecule has 2 aliphatic carbocycles. The molecule has 0 aliphatic heterocycles. The minimum atomic E-state index is -3.06. The molecule has 0 spiro atoms. The van der Waals surface area contributed by atoms with Gasteiger partial charge in [-0.3, -0.25) is 0 Å². The first-order valence-corrected chi connectivity index (χ1v) is 11.2. The van der Waals surface area contributed by atoms with Crippen LogP contribution in [0.15, 0.2) is 24.3 Å². The average molecular weight is 379 g/mol. The highest BCUT2D eigenvalue weighted by Gasteiger charge is 2.45. The molecule has 0 saturated heterocycles. The van der Waals surface area contributed by atoms with Gasteiger partial charge in [0.25, 0.3) is 0 Å². The van der Waals surface area contributed by atoms with Gasteiger partial charge in [0.15, 0.2) is 0 Å². The summed E-state index contributed by atoms with van der Waals surface area (Å²) in [5, 5.41) is 0. The molecule has 3 heteroatoms. The van der Waals surface area contributed by atoms with E-state index < -0.39 is 12.0 Å². The summed E-state index contributed by atoms with van der Waals surface area (Å²) in [4.78, 5) is 0. The predicted octanol–water partition coefficient (Wildman–Crippen LogP) is 7.63. The lowest BCUT2D eigenvalue weighted by Crippen LogP contribution is -2.38. The first-order chi connectivity index (χ1) is 13.0. The van der Waals surface area contributed by atoms with E-state index in [9.17, 15) is 8.78 Å². The smallest absolute Gasteiger partial charge is 0.400 e. The lowest BCUT2D eigenvalue weighted by molar-refractivity contribution is -0.224. The van der Waals surface area contributed by atoms with Gasteiger partial charge in [0.1, 0.15) is 5.75 Å². The van der Waals surface area contributed by atoms with Crippen LogP contribution in [0.2, 0.25) is 0 Å². The van der Waals surface area contributed by atoms with Crippen molar-refractivity contribution >= 4 is 0 Å². The van der Waals surface area contributed by atoms with Gasteiger partial charge >= 0.3 is 6.11 Å². The van der Waals surface area contributed by atoms with E-state index in [-0.39, 0.29) is 5.75 Å². The SMILES string of the molecule is CCCC1CCC(C2CCC(C(F)(F)Oc3ccc(CC)cc3)CC2)CC1. The molecule has 0 atom stereocenters. The van der Waals surface area contributed by atoms with Crippen molar-refractivity contribution in [2.24, 2.45) is 23.7 Å². The van der Waals surface area contributed by atoms with Crippen molar-refractivity contribution in [1.82, 2.24) is 0 Å². The second-order valence-corrected chi connectivity index (χ2v) is 8.84. The molecular formula is C24H36F2O. The molecule has 0 N–H and O–H groups in total. The fraction of sp³-hybridized carbons (Fsp3) is 0.750. The summed E-state index contributed by atoms with van der Waals surface area (Å²) in [6.45, 7) is 4.33. The number of rotatable bonds is 7. The number of hydrogen-bond donors (Lipinski definition) is 0. The zero-order valence-electron chi connectivity index (χ0n) is 17.1. The van der Waals surface area contributed by atoms with Gasteiger partial charge in [0, 0.05) is 0 Å². The van der Waals surface area contributed by atoms with E-state index in [1.165, 1.54) is 38.5 Å². The first-order valence-electron chi connectivity index (χ1n) is 11.2. The number of alkyl halides is 2. The van der Waals surface area contributed by atoms with E-state index in [0.29, 0.717) is 18.8 Å². The van der Waals surface area contributed by atoms with Gasteiger partial charge in [-0.1, -0.05) is 51.7 Å². The third-order valence-corrected chi connectivity index (χ3v) is 7.09. The predicted molar refractivity (Wildman–Crippen MR) is 107 cm³/mol. The van der Waals surface area contributed by atoms with Crippen molar-refractivity contribution in [3.63, 3.8) is 0 Å². The first kappa shape index (κ1) is 20.6. The molecule has 2 aliphatic rings. The quantitative estimate of drug-likeness (QED) is 0.474. The highest BCUT2D eigenvalue weighted by molar-refractivity contribution is 5.27. The third-order valence-electron chi connectivity index (χ3n) is 7.09. The largest absolute Gasteiger partial charge is 0.432 e. The van der Waals surface area contributed by atoms with Crippen LogP contribution in [0.1, 0.15) is 83.6 Å². The molecule has 1 nitrogen and oxygen atoms in total. The van der Waals surface area contributed by atoms with Crippen LogP contribution < -0.4 is 4.74 Å². The van der Waals surface area contributed by atoms with Crippen LogP contribution in [0.25, 0.3) is 0 Å². The number of hydrogen-bond acceptors (Lipinski definition) is 1. The maximum atomic E-state index is 14.7. The summed E-state index contributed by atoms with van der Waals surface area (Å²) in [6, 6.07) is 7.09.